The van der Waals surface area contributed by atoms with Crippen molar-refractivity contribution in [2.45, 2.75) is 52.1 Å². The van der Waals surface area contributed by atoms with Gasteiger partial charge in [-0.3, -0.25) is 9.89 Å². The molecule has 1 aromatic carbocycles. The number of nitrogens with zero attached hydrogens (tertiary/aromatic N) is 3. The molecule has 0 unspecified atom stereocenters. The molecule has 166 valence electrons. The minimum atomic E-state index is -0.216. The molecule has 0 aliphatic carbocycles. The number of piperidine rings is 2. The molecule has 2 saturated heterocycles. The summed E-state index contributed by atoms with van der Waals surface area (Å²) in [5.41, 5.74) is 8.83. The number of aliphatic imine (C=N–C) groups is 1. The van der Waals surface area contributed by atoms with Gasteiger partial charge in [0.05, 0.1) is 6.61 Å². The first-order chi connectivity index (χ1) is 14.5. The zero-order chi connectivity index (χ0) is 21.3. The average Bonchev–Trinajstić information content (AvgIpc) is 2.75. The van der Waals surface area contributed by atoms with Crippen LogP contribution in [0, 0.1) is 12.8 Å². The van der Waals surface area contributed by atoms with Gasteiger partial charge in [0.15, 0.2) is 5.96 Å². The second-order valence-corrected chi connectivity index (χ2v) is 8.54. The average molecular weight is 416 g/mol. The maximum Gasteiger partial charge on any atom is 0.409 e. The SMILES string of the molecule is CCOC(=O)N1CCC(NC(N)=NCC2CCN(Cc3ccc(C)cc3)CC2)CC1. The second kappa shape index (κ2) is 11.2. The Kier molecular flexibility index (Phi) is 8.37. The van der Waals surface area contributed by atoms with E-state index in [1.54, 1.807) is 4.90 Å². The molecular formula is C23H37N5O2. The van der Waals surface area contributed by atoms with Crippen molar-refractivity contribution in [1.82, 2.24) is 15.1 Å². The fourth-order valence-electron chi connectivity index (χ4n) is 4.18. The van der Waals surface area contributed by atoms with E-state index in [0.29, 0.717) is 31.6 Å². The Hall–Kier alpha value is -2.28. The predicted octanol–water partition coefficient (Wildman–Crippen LogP) is 2.73. The van der Waals surface area contributed by atoms with Crippen molar-refractivity contribution < 1.29 is 9.53 Å². The van der Waals surface area contributed by atoms with Crippen molar-refractivity contribution in [3.8, 4) is 0 Å². The van der Waals surface area contributed by atoms with E-state index in [1.165, 1.54) is 24.0 Å². The van der Waals surface area contributed by atoms with Crippen LogP contribution in [0.2, 0.25) is 0 Å². The number of hydrogen-bond acceptors (Lipinski definition) is 4. The van der Waals surface area contributed by atoms with Gasteiger partial charge in [0.2, 0.25) is 0 Å². The number of guanidine groups is 1. The van der Waals surface area contributed by atoms with E-state index in [0.717, 1.165) is 39.0 Å². The molecule has 7 nitrogen and oxygen atoms in total. The number of likely N-dealkylation sites (tertiary alicyclic amines) is 2. The second-order valence-electron chi connectivity index (χ2n) is 8.54. The summed E-state index contributed by atoms with van der Waals surface area (Å²) in [6, 6.07) is 9.11. The largest absolute Gasteiger partial charge is 0.450 e. The van der Waals surface area contributed by atoms with E-state index in [9.17, 15) is 4.79 Å². The third-order valence-corrected chi connectivity index (χ3v) is 6.13. The highest BCUT2D eigenvalue weighted by atomic mass is 16.6. The van der Waals surface area contributed by atoms with Crippen LogP contribution in [0.1, 0.15) is 43.7 Å². The molecule has 2 aliphatic rings. The molecule has 1 amide bonds. The van der Waals surface area contributed by atoms with Crippen molar-refractivity contribution in [3.05, 3.63) is 35.4 Å². The van der Waals surface area contributed by atoms with Gasteiger partial charge in [0.25, 0.3) is 0 Å². The normalized spacial score (nSPS) is 19.7. The van der Waals surface area contributed by atoms with Crippen LogP contribution in [0.15, 0.2) is 29.3 Å². The quantitative estimate of drug-likeness (QED) is 0.551. The number of ether oxygens (including phenoxy) is 1. The zero-order valence-electron chi connectivity index (χ0n) is 18.5. The summed E-state index contributed by atoms with van der Waals surface area (Å²) in [7, 11) is 0. The fraction of sp³-hybridized carbons (Fsp3) is 0.652. The lowest BCUT2D eigenvalue weighted by atomic mass is 9.96. The minimum absolute atomic E-state index is 0.216. The minimum Gasteiger partial charge on any atom is -0.450 e. The van der Waals surface area contributed by atoms with Crippen LogP contribution in [0.4, 0.5) is 4.79 Å². The monoisotopic (exact) mass is 415 g/mol. The number of aryl methyl sites for hydroxylation is 1. The van der Waals surface area contributed by atoms with Gasteiger partial charge in [0.1, 0.15) is 0 Å². The van der Waals surface area contributed by atoms with Gasteiger partial charge in [-0.1, -0.05) is 29.8 Å². The summed E-state index contributed by atoms with van der Waals surface area (Å²) >= 11 is 0. The van der Waals surface area contributed by atoms with Crippen molar-refractivity contribution in [3.63, 3.8) is 0 Å². The molecule has 0 radical (unpaired) electrons. The number of carbonyl (C=O) groups is 1. The number of carbonyl (C=O) groups excluding carboxylic acids is 1. The summed E-state index contributed by atoms with van der Waals surface area (Å²) in [4.78, 5) is 20.7. The molecule has 2 aliphatic heterocycles. The zero-order valence-corrected chi connectivity index (χ0v) is 18.5. The molecule has 0 aromatic heterocycles. The highest BCUT2D eigenvalue weighted by Gasteiger charge is 2.24. The fourth-order valence-corrected chi connectivity index (χ4v) is 4.18. The molecule has 3 rings (SSSR count). The van der Waals surface area contributed by atoms with Crippen molar-refractivity contribution in [1.29, 1.82) is 0 Å². The Morgan fingerprint density at radius 2 is 1.80 bits per heavy atom. The van der Waals surface area contributed by atoms with Gasteiger partial charge in [0, 0.05) is 32.2 Å². The van der Waals surface area contributed by atoms with Gasteiger partial charge in [-0.2, -0.15) is 0 Å². The molecule has 3 N–H and O–H groups in total. The predicted molar refractivity (Wildman–Crippen MR) is 120 cm³/mol. The van der Waals surface area contributed by atoms with Gasteiger partial charge in [-0.15, -0.1) is 0 Å². The van der Waals surface area contributed by atoms with E-state index >= 15 is 0 Å². The standard InChI is InChI=1S/C23H37N5O2/c1-3-30-23(29)28-14-10-21(11-15-28)26-22(24)25-16-19-8-12-27(13-9-19)17-20-6-4-18(2)5-7-20/h4-7,19,21H,3,8-17H2,1-2H3,(H3,24,25,26). The Bertz CT molecular complexity index is 690. The summed E-state index contributed by atoms with van der Waals surface area (Å²) in [6.07, 6.45) is 3.85. The van der Waals surface area contributed by atoms with Crippen molar-refractivity contribution in [2.75, 3.05) is 39.3 Å². The number of amides is 1. The molecular weight excluding hydrogens is 378 g/mol. The van der Waals surface area contributed by atoms with Gasteiger partial charge >= 0.3 is 6.09 Å². The summed E-state index contributed by atoms with van der Waals surface area (Å²) in [6.45, 7) is 9.83. The smallest absolute Gasteiger partial charge is 0.409 e. The van der Waals surface area contributed by atoms with Crippen LogP contribution in [-0.4, -0.2) is 67.2 Å². The van der Waals surface area contributed by atoms with E-state index in [2.05, 4.69) is 46.4 Å². The van der Waals surface area contributed by atoms with E-state index < -0.39 is 0 Å². The molecule has 7 heteroatoms. The number of nitrogens with one attached hydrogen (secondary N) is 1. The third-order valence-electron chi connectivity index (χ3n) is 6.13. The number of rotatable bonds is 6. The Balaban J connectivity index is 1.33. The molecule has 0 saturated carbocycles. The lowest BCUT2D eigenvalue weighted by Crippen LogP contribution is -2.48. The molecule has 2 heterocycles. The third kappa shape index (κ3) is 6.90. The molecule has 0 atom stereocenters. The molecule has 30 heavy (non-hydrogen) atoms. The maximum atomic E-state index is 11.8. The van der Waals surface area contributed by atoms with Crippen LogP contribution >= 0.6 is 0 Å². The highest BCUT2D eigenvalue weighted by Crippen LogP contribution is 2.19. The number of nitrogens with two attached hydrogens (primary N) is 1. The first-order valence-corrected chi connectivity index (χ1v) is 11.3. The van der Waals surface area contributed by atoms with Crippen LogP contribution < -0.4 is 11.1 Å². The van der Waals surface area contributed by atoms with Crippen LogP contribution in [0.3, 0.4) is 0 Å². The first-order valence-electron chi connectivity index (χ1n) is 11.3. The summed E-state index contributed by atoms with van der Waals surface area (Å²) in [5, 5.41) is 3.33. The molecule has 2 fully saturated rings. The first kappa shape index (κ1) is 22.4. The van der Waals surface area contributed by atoms with E-state index in [4.69, 9.17) is 10.5 Å². The molecule has 1 aromatic rings. The maximum absolute atomic E-state index is 11.8. The van der Waals surface area contributed by atoms with E-state index in [-0.39, 0.29) is 12.1 Å². The Labute approximate surface area is 180 Å². The summed E-state index contributed by atoms with van der Waals surface area (Å²) < 4.78 is 5.06. The number of hydrogen-bond donors (Lipinski definition) is 2. The van der Waals surface area contributed by atoms with Crippen molar-refractivity contribution >= 4 is 12.1 Å². The van der Waals surface area contributed by atoms with Crippen LogP contribution in [0.25, 0.3) is 0 Å². The van der Waals surface area contributed by atoms with Crippen molar-refractivity contribution in [2.24, 2.45) is 16.6 Å². The molecule has 0 spiro atoms. The topological polar surface area (TPSA) is 83.2 Å². The Morgan fingerprint density at radius 1 is 1.13 bits per heavy atom. The highest BCUT2D eigenvalue weighted by molar-refractivity contribution is 5.78. The Morgan fingerprint density at radius 3 is 2.43 bits per heavy atom. The van der Waals surface area contributed by atoms with Gasteiger partial charge in [-0.05, 0) is 64.1 Å². The summed E-state index contributed by atoms with van der Waals surface area (Å²) in [5.74, 6) is 1.14. The lowest BCUT2D eigenvalue weighted by Gasteiger charge is -2.32. The molecule has 0 bridgehead atoms. The van der Waals surface area contributed by atoms with Gasteiger partial charge in [-0.25, -0.2) is 4.79 Å². The number of benzene rings is 1. The van der Waals surface area contributed by atoms with Crippen LogP contribution in [-0.2, 0) is 11.3 Å². The van der Waals surface area contributed by atoms with Crippen LogP contribution in [0.5, 0.6) is 0 Å². The van der Waals surface area contributed by atoms with E-state index in [1.807, 2.05) is 6.92 Å². The van der Waals surface area contributed by atoms with Gasteiger partial charge < -0.3 is 20.7 Å². The lowest BCUT2D eigenvalue weighted by molar-refractivity contribution is 0.0963.